The maximum atomic E-state index is 12.5. The van der Waals surface area contributed by atoms with Gasteiger partial charge in [0.1, 0.15) is 0 Å². The van der Waals surface area contributed by atoms with Gasteiger partial charge >= 0.3 is 0 Å². The first kappa shape index (κ1) is 19.3. The number of carbonyl (C=O) groups is 1. The van der Waals surface area contributed by atoms with Crippen molar-refractivity contribution >= 4 is 33.5 Å². The van der Waals surface area contributed by atoms with Crippen LogP contribution in [0.5, 0.6) is 0 Å². The third-order valence-corrected chi connectivity index (χ3v) is 6.54. The number of aryl methyl sites for hydroxylation is 1. The molecule has 0 aliphatic heterocycles. The summed E-state index contributed by atoms with van der Waals surface area (Å²) in [7, 11) is -3.60. The molecule has 25 heavy (non-hydrogen) atoms. The molecule has 1 aromatic carbocycles. The van der Waals surface area contributed by atoms with Crippen LogP contribution in [0, 0.1) is 6.92 Å². The van der Waals surface area contributed by atoms with Crippen molar-refractivity contribution in [1.82, 2.24) is 9.73 Å². The van der Waals surface area contributed by atoms with E-state index in [-0.39, 0.29) is 10.5 Å². The van der Waals surface area contributed by atoms with Crippen LogP contribution < -0.4 is 5.43 Å². The van der Waals surface area contributed by atoms with Gasteiger partial charge in [0.2, 0.25) is 10.0 Å². The van der Waals surface area contributed by atoms with E-state index in [9.17, 15) is 13.2 Å². The summed E-state index contributed by atoms with van der Waals surface area (Å²) in [6.07, 6.45) is 1.56. The fraction of sp³-hybridized carbons (Fsp3) is 0.294. The van der Waals surface area contributed by atoms with Crippen LogP contribution in [0.4, 0.5) is 0 Å². The lowest BCUT2D eigenvalue weighted by Crippen LogP contribution is -2.30. The summed E-state index contributed by atoms with van der Waals surface area (Å²) in [5.41, 5.74) is 2.66. The summed E-state index contributed by atoms with van der Waals surface area (Å²) in [5.74, 6) is -0.457. The molecule has 0 spiro atoms. The number of carbonyl (C=O) groups excluding carboxylic acids is 1. The first-order valence-electron chi connectivity index (χ1n) is 7.88. The molecule has 0 fully saturated rings. The van der Waals surface area contributed by atoms with Crippen LogP contribution in [-0.2, 0) is 10.0 Å². The quantitative estimate of drug-likeness (QED) is 0.593. The van der Waals surface area contributed by atoms with Gasteiger partial charge in [-0.15, -0.1) is 11.3 Å². The van der Waals surface area contributed by atoms with Gasteiger partial charge in [-0.2, -0.15) is 9.41 Å². The van der Waals surface area contributed by atoms with Gasteiger partial charge in [-0.25, -0.2) is 13.8 Å². The van der Waals surface area contributed by atoms with E-state index < -0.39 is 15.9 Å². The molecule has 8 heteroatoms. The molecule has 1 aromatic heterocycles. The summed E-state index contributed by atoms with van der Waals surface area (Å²) in [4.78, 5) is 14.4. The van der Waals surface area contributed by atoms with Gasteiger partial charge < -0.3 is 0 Å². The second kappa shape index (κ2) is 8.37. The Bertz CT molecular complexity index is 869. The van der Waals surface area contributed by atoms with Gasteiger partial charge in [0.15, 0.2) is 0 Å². The minimum atomic E-state index is -3.60. The molecular formula is C17H21N3O3S2. The summed E-state index contributed by atoms with van der Waals surface area (Å²) >= 11 is 1.56. The largest absolute Gasteiger partial charge is 0.271 e. The summed E-state index contributed by atoms with van der Waals surface area (Å²) < 4.78 is 26.4. The number of rotatable bonds is 7. The molecule has 0 saturated heterocycles. The van der Waals surface area contributed by atoms with Crippen molar-refractivity contribution in [3.63, 3.8) is 0 Å². The zero-order valence-electron chi connectivity index (χ0n) is 14.4. The van der Waals surface area contributed by atoms with Gasteiger partial charge in [0, 0.05) is 28.4 Å². The Balaban J connectivity index is 2.15. The molecular weight excluding hydrogens is 358 g/mol. The van der Waals surface area contributed by atoms with Crippen molar-refractivity contribution in [2.24, 2.45) is 5.10 Å². The number of hydrazone groups is 1. The first-order chi connectivity index (χ1) is 11.9. The van der Waals surface area contributed by atoms with Crippen LogP contribution in [0.15, 0.2) is 46.4 Å². The van der Waals surface area contributed by atoms with E-state index in [0.29, 0.717) is 13.1 Å². The Kier molecular flexibility index (Phi) is 6.46. The molecule has 0 aliphatic rings. The molecule has 0 saturated carbocycles. The van der Waals surface area contributed by atoms with E-state index in [0.717, 1.165) is 9.75 Å². The number of hydrogen-bond donors (Lipinski definition) is 1. The molecule has 0 aliphatic carbocycles. The summed E-state index contributed by atoms with van der Waals surface area (Å²) in [6.45, 7) is 6.29. The van der Waals surface area contributed by atoms with Crippen LogP contribution in [-0.4, -0.2) is 37.9 Å². The Morgan fingerprint density at radius 1 is 1.24 bits per heavy atom. The number of nitrogens with one attached hydrogen (secondary N) is 1. The third-order valence-electron chi connectivity index (χ3n) is 3.56. The van der Waals surface area contributed by atoms with Crippen molar-refractivity contribution in [2.75, 3.05) is 13.1 Å². The van der Waals surface area contributed by atoms with Crippen molar-refractivity contribution in [3.8, 4) is 0 Å². The van der Waals surface area contributed by atoms with Crippen LogP contribution >= 0.6 is 11.3 Å². The van der Waals surface area contributed by atoms with E-state index in [2.05, 4.69) is 10.5 Å². The van der Waals surface area contributed by atoms with E-state index in [4.69, 9.17) is 0 Å². The van der Waals surface area contributed by atoms with Crippen LogP contribution in [0.25, 0.3) is 0 Å². The molecule has 0 radical (unpaired) electrons. The number of sulfonamides is 1. The minimum absolute atomic E-state index is 0.0988. The highest BCUT2D eigenvalue weighted by atomic mass is 32.2. The molecule has 2 rings (SSSR count). The predicted octanol–water partition coefficient (Wildman–Crippen LogP) is 2.85. The van der Waals surface area contributed by atoms with Crippen molar-refractivity contribution in [3.05, 3.63) is 51.7 Å². The van der Waals surface area contributed by atoms with E-state index in [1.165, 1.54) is 16.4 Å². The SMILES string of the molecule is CCN(CC)S(=O)(=O)c1cccc(C(=O)N/N=C\c2ccc(C)s2)c1. The topological polar surface area (TPSA) is 78.8 Å². The predicted molar refractivity (Wildman–Crippen MR) is 101 cm³/mol. The lowest BCUT2D eigenvalue weighted by atomic mass is 10.2. The van der Waals surface area contributed by atoms with E-state index >= 15 is 0 Å². The highest BCUT2D eigenvalue weighted by molar-refractivity contribution is 7.89. The fourth-order valence-corrected chi connectivity index (χ4v) is 4.51. The molecule has 0 bridgehead atoms. The average Bonchev–Trinajstić information content (AvgIpc) is 3.01. The Labute approximate surface area is 152 Å². The lowest BCUT2D eigenvalue weighted by Gasteiger charge is -2.18. The molecule has 2 aromatic rings. The standard InChI is InChI=1S/C17H21N3O3S2/c1-4-20(5-2)25(22,23)16-8-6-7-14(11-16)17(21)19-18-12-15-10-9-13(3)24-15/h6-12H,4-5H2,1-3H3,(H,19,21)/b18-12-. The van der Waals surface area contributed by atoms with Crippen LogP contribution in [0.2, 0.25) is 0 Å². The average molecular weight is 380 g/mol. The Hall–Kier alpha value is -2.03. The van der Waals surface area contributed by atoms with Crippen LogP contribution in [0.1, 0.15) is 34.0 Å². The fourth-order valence-electron chi connectivity index (χ4n) is 2.25. The minimum Gasteiger partial charge on any atom is -0.267 e. The zero-order chi connectivity index (χ0) is 18.4. The summed E-state index contributed by atoms with van der Waals surface area (Å²) in [6, 6.07) is 9.84. The third kappa shape index (κ3) is 4.75. The highest BCUT2D eigenvalue weighted by Crippen LogP contribution is 2.17. The molecule has 1 N–H and O–H groups in total. The molecule has 134 valence electrons. The zero-order valence-corrected chi connectivity index (χ0v) is 16.0. The normalized spacial score (nSPS) is 12.0. The van der Waals surface area contributed by atoms with Crippen molar-refractivity contribution in [2.45, 2.75) is 25.7 Å². The molecule has 6 nitrogen and oxygen atoms in total. The Morgan fingerprint density at radius 2 is 1.96 bits per heavy atom. The lowest BCUT2D eigenvalue weighted by molar-refractivity contribution is 0.0955. The molecule has 0 atom stereocenters. The van der Waals surface area contributed by atoms with Gasteiger partial charge in [0.25, 0.3) is 5.91 Å². The van der Waals surface area contributed by atoms with Gasteiger partial charge in [0.05, 0.1) is 11.1 Å². The summed E-state index contributed by atoms with van der Waals surface area (Å²) in [5, 5.41) is 3.92. The van der Waals surface area contributed by atoms with E-state index in [1.54, 1.807) is 43.5 Å². The smallest absolute Gasteiger partial charge is 0.267 e. The van der Waals surface area contributed by atoms with Gasteiger partial charge in [-0.05, 0) is 37.3 Å². The monoisotopic (exact) mass is 379 g/mol. The number of thiophene rings is 1. The van der Waals surface area contributed by atoms with Gasteiger partial charge in [-0.1, -0.05) is 19.9 Å². The number of benzene rings is 1. The number of amides is 1. The van der Waals surface area contributed by atoms with Gasteiger partial charge in [-0.3, -0.25) is 4.79 Å². The number of hydrogen-bond acceptors (Lipinski definition) is 5. The second-order valence-electron chi connectivity index (χ2n) is 5.26. The maximum absolute atomic E-state index is 12.5. The van der Waals surface area contributed by atoms with Crippen molar-refractivity contribution in [1.29, 1.82) is 0 Å². The van der Waals surface area contributed by atoms with E-state index in [1.807, 2.05) is 19.1 Å². The molecule has 1 heterocycles. The molecule has 1 amide bonds. The van der Waals surface area contributed by atoms with Crippen molar-refractivity contribution < 1.29 is 13.2 Å². The highest BCUT2D eigenvalue weighted by Gasteiger charge is 2.22. The second-order valence-corrected chi connectivity index (χ2v) is 8.52. The first-order valence-corrected chi connectivity index (χ1v) is 10.1. The maximum Gasteiger partial charge on any atom is 0.271 e. The van der Waals surface area contributed by atoms with Crippen LogP contribution in [0.3, 0.4) is 0 Å². The number of nitrogens with zero attached hydrogens (tertiary/aromatic N) is 2. The Morgan fingerprint density at radius 3 is 2.56 bits per heavy atom. The molecule has 0 unspecified atom stereocenters.